The second-order valence-corrected chi connectivity index (χ2v) is 7.35. The molecule has 2 aliphatic rings. The van der Waals surface area contributed by atoms with Crippen LogP contribution in [0.1, 0.15) is 29.5 Å². The molecule has 6 heteroatoms. The van der Waals surface area contributed by atoms with Gasteiger partial charge in [-0.2, -0.15) is 0 Å². The molecular weight excluding hydrogens is 328 g/mol. The number of β-amino-alcohol motifs (C(OH)–C–C–N with tert-alkyl or cyclic N) is 1. The highest BCUT2D eigenvalue weighted by Crippen LogP contribution is 2.24. The summed E-state index contributed by atoms with van der Waals surface area (Å²) >= 11 is 0. The van der Waals surface area contributed by atoms with Crippen LogP contribution >= 0.6 is 0 Å². The lowest BCUT2D eigenvalue weighted by molar-refractivity contribution is -0.121. The van der Waals surface area contributed by atoms with Crippen LogP contribution in [-0.4, -0.2) is 46.2 Å². The average Bonchev–Trinajstić information content (AvgIpc) is 3.28. The third-order valence-electron chi connectivity index (χ3n) is 5.31. The third-order valence-corrected chi connectivity index (χ3v) is 5.31. The molecule has 4 rings (SSSR count). The number of fused-ring (bicyclic) bond motifs is 1. The van der Waals surface area contributed by atoms with Crippen molar-refractivity contribution in [1.29, 1.82) is 0 Å². The van der Waals surface area contributed by atoms with Crippen molar-refractivity contribution in [3.8, 4) is 0 Å². The summed E-state index contributed by atoms with van der Waals surface area (Å²) in [5.41, 5.74) is 2.90. The minimum atomic E-state index is -0.938. The molecule has 0 bridgehead atoms. The summed E-state index contributed by atoms with van der Waals surface area (Å²) in [5, 5.41) is 13.6. The third kappa shape index (κ3) is 3.70. The van der Waals surface area contributed by atoms with E-state index in [9.17, 15) is 9.90 Å². The number of anilines is 1. The predicted octanol–water partition coefficient (Wildman–Crippen LogP) is 1.27. The topological polar surface area (TPSA) is 78.4 Å². The van der Waals surface area contributed by atoms with Crippen LogP contribution in [0.3, 0.4) is 0 Å². The highest BCUT2D eigenvalue weighted by Gasteiger charge is 2.37. The lowest BCUT2D eigenvalue weighted by atomic mass is 10.0. The highest BCUT2D eigenvalue weighted by molar-refractivity contribution is 5.78. The van der Waals surface area contributed by atoms with Gasteiger partial charge < -0.3 is 15.3 Å². The van der Waals surface area contributed by atoms with Crippen molar-refractivity contribution in [3.05, 3.63) is 53.3 Å². The lowest BCUT2D eigenvalue weighted by Crippen LogP contribution is -2.45. The Kier molecular flexibility index (Phi) is 4.59. The number of carbonyl (C=O) groups is 1. The van der Waals surface area contributed by atoms with Crippen LogP contribution in [0.5, 0.6) is 0 Å². The zero-order valence-corrected chi connectivity index (χ0v) is 14.8. The van der Waals surface area contributed by atoms with E-state index in [-0.39, 0.29) is 12.5 Å². The SMILES string of the molecule is O=C(Cc1ccc2c(c1)CCC2)NCC1(O)CCN(c2ncccn2)C1. The molecule has 1 saturated heterocycles. The van der Waals surface area contributed by atoms with Gasteiger partial charge in [-0.15, -0.1) is 0 Å². The summed E-state index contributed by atoms with van der Waals surface area (Å²) in [6, 6.07) is 8.11. The monoisotopic (exact) mass is 352 g/mol. The Morgan fingerprint density at radius 1 is 1.23 bits per heavy atom. The first-order valence-corrected chi connectivity index (χ1v) is 9.23. The lowest BCUT2D eigenvalue weighted by Gasteiger charge is -2.23. The van der Waals surface area contributed by atoms with Crippen LogP contribution < -0.4 is 10.2 Å². The van der Waals surface area contributed by atoms with Crippen LogP contribution in [-0.2, 0) is 24.1 Å². The Bertz CT molecular complexity index is 796. The van der Waals surface area contributed by atoms with E-state index in [4.69, 9.17) is 0 Å². The van der Waals surface area contributed by atoms with Gasteiger partial charge in [0, 0.05) is 25.5 Å². The number of aromatic nitrogens is 2. The molecule has 1 aliphatic carbocycles. The molecule has 2 N–H and O–H groups in total. The van der Waals surface area contributed by atoms with Gasteiger partial charge in [0.25, 0.3) is 0 Å². The average molecular weight is 352 g/mol. The largest absolute Gasteiger partial charge is 0.386 e. The van der Waals surface area contributed by atoms with Crippen molar-refractivity contribution >= 4 is 11.9 Å². The molecule has 1 atom stereocenters. The summed E-state index contributed by atoms with van der Waals surface area (Å²) in [7, 11) is 0. The van der Waals surface area contributed by atoms with Crippen molar-refractivity contribution in [2.45, 2.75) is 37.7 Å². The van der Waals surface area contributed by atoms with Crippen molar-refractivity contribution in [2.75, 3.05) is 24.5 Å². The fourth-order valence-electron chi connectivity index (χ4n) is 3.87. The number of rotatable bonds is 5. The molecule has 1 aromatic carbocycles. The number of nitrogens with zero attached hydrogens (tertiary/aromatic N) is 3. The molecular formula is C20H24N4O2. The van der Waals surface area contributed by atoms with Gasteiger partial charge in [-0.1, -0.05) is 18.2 Å². The summed E-state index contributed by atoms with van der Waals surface area (Å²) in [6.45, 7) is 1.36. The van der Waals surface area contributed by atoms with Gasteiger partial charge in [-0.25, -0.2) is 9.97 Å². The first-order valence-electron chi connectivity index (χ1n) is 9.23. The molecule has 1 amide bonds. The molecule has 1 fully saturated rings. The van der Waals surface area contributed by atoms with Gasteiger partial charge in [0.05, 0.1) is 13.0 Å². The Hall–Kier alpha value is -2.47. The van der Waals surface area contributed by atoms with E-state index in [1.54, 1.807) is 18.5 Å². The van der Waals surface area contributed by atoms with E-state index in [2.05, 4.69) is 27.4 Å². The fourth-order valence-corrected chi connectivity index (χ4v) is 3.87. The molecule has 0 spiro atoms. The molecule has 0 saturated carbocycles. The predicted molar refractivity (Wildman–Crippen MR) is 99.0 cm³/mol. The number of aryl methyl sites for hydroxylation is 2. The second-order valence-electron chi connectivity index (χ2n) is 7.35. The maximum absolute atomic E-state index is 12.3. The van der Waals surface area contributed by atoms with Gasteiger partial charge >= 0.3 is 0 Å². The van der Waals surface area contributed by atoms with Crippen LogP contribution in [0, 0.1) is 0 Å². The van der Waals surface area contributed by atoms with Crippen LogP contribution in [0.25, 0.3) is 0 Å². The van der Waals surface area contributed by atoms with Crippen molar-refractivity contribution in [2.24, 2.45) is 0 Å². The summed E-state index contributed by atoms with van der Waals surface area (Å²) < 4.78 is 0. The van der Waals surface area contributed by atoms with Gasteiger partial charge in [-0.3, -0.25) is 4.79 Å². The number of nitrogens with one attached hydrogen (secondary N) is 1. The van der Waals surface area contributed by atoms with E-state index in [0.717, 1.165) is 18.4 Å². The molecule has 2 aromatic rings. The van der Waals surface area contributed by atoms with Crippen LogP contribution in [0.2, 0.25) is 0 Å². The van der Waals surface area contributed by atoms with E-state index in [1.807, 2.05) is 11.0 Å². The van der Waals surface area contributed by atoms with Gasteiger partial charge in [0.15, 0.2) is 0 Å². The van der Waals surface area contributed by atoms with E-state index in [1.165, 1.54) is 17.5 Å². The van der Waals surface area contributed by atoms with Crippen molar-refractivity contribution < 1.29 is 9.90 Å². The minimum absolute atomic E-state index is 0.0502. The van der Waals surface area contributed by atoms with E-state index >= 15 is 0 Å². The zero-order chi connectivity index (χ0) is 18.0. The quantitative estimate of drug-likeness (QED) is 0.847. The minimum Gasteiger partial charge on any atom is -0.386 e. The number of benzene rings is 1. The highest BCUT2D eigenvalue weighted by atomic mass is 16.3. The molecule has 2 heterocycles. The summed E-state index contributed by atoms with van der Waals surface area (Å²) in [5.74, 6) is 0.568. The summed E-state index contributed by atoms with van der Waals surface area (Å²) in [4.78, 5) is 22.7. The Morgan fingerprint density at radius 2 is 2.04 bits per heavy atom. The maximum Gasteiger partial charge on any atom is 0.225 e. The van der Waals surface area contributed by atoms with Crippen LogP contribution in [0.4, 0.5) is 5.95 Å². The molecule has 0 radical (unpaired) electrons. The number of hydrogen-bond acceptors (Lipinski definition) is 5. The van der Waals surface area contributed by atoms with Crippen LogP contribution in [0.15, 0.2) is 36.7 Å². The van der Waals surface area contributed by atoms with Gasteiger partial charge in [0.2, 0.25) is 11.9 Å². The first kappa shape index (κ1) is 17.0. The maximum atomic E-state index is 12.3. The molecule has 1 aromatic heterocycles. The molecule has 1 aliphatic heterocycles. The smallest absolute Gasteiger partial charge is 0.225 e. The Balaban J connectivity index is 1.30. The zero-order valence-electron chi connectivity index (χ0n) is 14.8. The van der Waals surface area contributed by atoms with Gasteiger partial charge in [-0.05, 0) is 48.4 Å². The number of hydrogen-bond donors (Lipinski definition) is 2. The second kappa shape index (κ2) is 7.03. The fraction of sp³-hybridized carbons (Fsp3) is 0.450. The van der Waals surface area contributed by atoms with Gasteiger partial charge in [0.1, 0.15) is 5.60 Å². The van der Waals surface area contributed by atoms with Crippen molar-refractivity contribution in [1.82, 2.24) is 15.3 Å². The normalized spacial score (nSPS) is 21.7. The molecule has 6 nitrogen and oxygen atoms in total. The van der Waals surface area contributed by atoms with Crippen molar-refractivity contribution in [3.63, 3.8) is 0 Å². The standard InChI is InChI=1S/C20H24N4O2/c25-18(12-15-5-6-16-3-1-4-17(16)11-15)23-13-20(26)7-10-24(14-20)19-21-8-2-9-22-19/h2,5-6,8-9,11,26H,1,3-4,7,10,12-14H2,(H,23,25). The Morgan fingerprint density at radius 3 is 2.88 bits per heavy atom. The number of aliphatic hydroxyl groups is 1. The molecule has 26 heavy (non-hydrogen) atoms. The summed E-state index contributed by atoms with van der Waals surface area (Å²) in [6.07, 6.45) is 7.80. The number of carbonyl (C=O) groups excluding carboxylic acids is 1. The Labute approximate surface area is 153 Å². The first-order chi connectivity index (χ1) is 12.6. The number of amides is 1. The molecule has 136 valence electrons. The molecule has 1 unspecified atom stereocenters. The van der Waals surface area contributed by atoms with E-state index in [0.29, 0.717) is 31.9 Å². The van der Waals surface area contributed by atoms with E-state index < -0.39 is 5.60 Å².